The first-order valence-electron chi connectivity index (χ1n) is 7.29. The van der Waals surface area contributed by atoms with Crippen LogP contribution >= 0.6 is 0 Å². The highest BCUT2D eigenvalue weighted by atomic mass is 16.3. The van der Waals surface area contributed by atoms with Crippen molar-refractivity contribution in [3.63, 3.8) is 0 Å². The molecule has 1 aromatic carbocycles. The maximum Gasteiger partial charge on any atom is 0.289 e. The third-order valence-electron chi connectivity index (χ3n) is 3.75. The van der Waals surface area contributed by atoms with E-state index in [0.717, 1.165) is 37.6 Å². The molecular weight excluding hydrogens is 252 g/mol. The molecule has 0 radical (unpaired) electrons. The van der Waals surface area contributed by atoms with Crippen molar-refractivity contribution < 1.29 is 9.21 Å². The Balaban J connectivity index is 1.86. The molecule has 1 aliphatic rings. The summed E-state index contributed by atoms with van der Waals surface area (Å²) in [6.07, 6.45) is 4.36. The molecule has 0 bridgehead atoms. The smallest absolute Gasteiger partial charge is 0.289 e. The standard InChI is InChI=1S/C16H20N2O2/c1-2-3-8-18(13-5-6-13)16(19)15-10-11-9-12(17)4-7-14(11)20-15/h4,7,9-10,13H,2-3,5-6,8,17H2,1H3. The summed E-state index contributed by atoms with van der Waals surface area (Å²) in [7, 11) is 0. The number of anilines is 1. The van der Waals surface area contributed by atoms with Gasteiger partial charge in [-0.2, -0.15) is 0 Å². The fraction of sp³-hybridized carbons (Fsp3) is 0.438. The number of nitrogen functional groups attached to an aromatic ring is 1. The van der Waals surface area contributed by atoms with Gasteiger partial charge in [-0.1, -0.05) is 13.3 Å². The molecule has 106 valence electrons. The van der Waals surface area contributed by atoms with Crippen molar-refractivity contribution in [2.24, 2.45) is 0 Å². The minimum Gasteiger partial charge on any atom is -0.451 e. The fourth-order valence-corrected chi connectivity index (χ4v) is 2.47. The predicted molar refractivity (Wildman–Crippen MR) is 79.6 cm³/mol. The SMILES string of the molecule is CCCCN(C(=O)c1cc2cc(N)ccc2o1)C1CC1. The number of benzene rings is 1. The molecule has 2 aromatic rings. The largest absolute Gasteiger partial charge is 0.451 e. The number of nitrogens with zero attached hydrogens (tertiary/aromatic N) is 1. The van der Waals surface area contributed by atoms with Gasteiger partial charge in [0.2, 0.25) is 0 Å². The van der Waals surface area contributed by atoms with E-state index in [1.165, 1.54) is 0 Å². The molecule has 2 N–H and O–H groups in total. The van der Waals surface area contributed by atoms with Gasteiger partial charge in [-0.25, -0.2) is 0 Å². The van der Waals surface area contributed by atoms with Crippen molar-refractivity contribution in [3.05, 3.63) is 30.0 Å². The molecule has 1 fully saturated rings. The van der Waals surface area contributed by atoms with Crippen LogP contribution in [-0.2, 0) is 0 Å². The van der Waals surface area contributed by atoms with Gasteiger partial charge in [-0.05, 0) is 43.5 Å². The lowest BCUT2D eigenvalue weighted by Gasteiger charge is -2.20. The lowest BCUT2D eigenvalue weighted by Crippen LogP contribution is -2.33. The summed E-state index contributed by atoms with van der Waals surface area (Å²) in [6.45, 7) is 2.96. The van der Waals surface area contributed by atoms with E-state index < -0.39 is 0 Å². The van der Waals surface area contributed by atoms with Crippen LogP contribution in [0.4, 0.5) is 5.69 Å². The van der Waals surface area contributed by atoms with E-state index in [0.29, 0.717) is 23.1 Å². The zero-order chi connectivity index (χ0) is 14.1. The lowest BCUT2D eigenvalue weighted by atomic mass is 10.2. The Morgan fingerprint density at radius 3 is 2.90 bits per heavy atom. The summed E-state index contributed by atoms with van der Waals surface area (Å²) in [5, 5.41) is 0.889. The monoisotopic (exact) mass is 272 g/mol. The second-order valence-electron chi connectivity index (χ2n) is 5.49. The van der Waals surface area contributed by atoms with Crippen molar-refractivity contribution >= 4 is 22.6 Å². The third kappa shape index (κ3) is 2.50. The fourth-order valence-electron chi connectivity index (χ4n) is 2.47. The second-order valence-corrected chi connectivity index (χ2v) is 5.49. The van der Waals surface area contributed by atoms with Gasteiger partial charge in [-0.15, -0.1) is 0 Å². The van der Waals surface area contributed by atoms with Gasteiger partial charge in [0.25, 0.3) is 5.91 Å². The van der Waals surface area contributed by atoms with Crippen LogP contribution in [0.3, 0.4) is 0 Å². The zero-order valence-electron chi connectivity index (χ0n) is 11.8. The Morgan fingerprint density at radius 2 is 2.20 bits per heavy atom. The molecule has 0 unspecified atom stereocenters. The molecule has 20 heavy (non-hydrogen) atoms. The van der Waals surface area contributed by atoms with Crippen LogP contribution in [0.1, 0.15) is 43.2 Å². The summed E-state index contributed by atoms with van der Waals surface area (Å²) < 4.78 is 5.68. The highest BCUT2D eigenvalue weighted by Gasteiger charge is 2.33. The number of carbonyl (C=O) groups excluding carboxylic acids is 1. The molecule has 1 amide bonds. The van der Waals surface area contributed by atoms with Crippen LogP contribution in [0.5, 0.6) is 0 Å². The summed E-state index contributed by atoms with van der Waals surface area (Å²) in [6, 6.07) is 7.65. The Bertz CT molecular complexity index is 628. The summed E-state index contributed by atoms with van der Waals surface area (Å²) >= 11 is 0. The van der Waals surface area contributed by atoms with Gasteiger partial charge in [0.05, 0.1) is 0 Å². The number of unbranched alkanes of at least 4 members (excludes halogenated alkanes) is 1. The van der Waals surface area contributed by atoms with E-state index in [1.54, 1.807) is 12.1 Å². The average molecular weight is 272 g/mol. The lowest BCUT2D eigenvalue weighted by molar-refractivity contribution is 0.0711. The molecule has 0 spiro atoms. The number of hydrogen-bond donors (Lipinski definition) is 1. The van der Waals surface area contributed by atoms with Gasteiger partial charge in [0.15, 0.2) is 5.76 Å². The first-order valence-corrected chi connectivity index (χ1v) is 7.29. The molecule has 0 saturated heterocycles. The first kappa shape index (κ1) is 13.0. The number of amides is 1. The van der Waals surface area contributed by atoms with E-state index in [4.69, 9.17) is 10.2 Å². The van der Waals surface area contributed by atoms with Gasteiger partial charge in [0.1, 0.15) is 5.58 Å². The van der Waals surface area contributed by atoms with E-state index in [2.05, 4.69) is 6.92 Å². The Hall–Kier alpha value is -1.97. The van der Waals surface area contributed by atoms with Crippen molar-refractivity contribution in [2.45, 2.75) is 38.6 Å². The zero-order valence-corrected chi connectivity index (χ0v) is 11.8. The normalized spacial score (nSPS) is 14.7. The summed E-state index contributed by atoms with van der Waals surface area (Å²) in [4.78, 5) is 14.6. The van der Waals surface area contributed by atoms with Gasteiger partial charge >= 0.3 is 0 Å². The predicted octanol–water partition coefficient (Wildman–Crippen LogP) is 3.42. The second kappa shape index (κ2) is 5.19. The van der Waals surface area contributed by atoms with Crippen molar-refractivity contribution in [1.29, 1.82) is 0 Å². The average Bonchev–Trinajstić information content (AvgIpc) is 3.18. The number of hydrogen-bond acceptors (Lipinski definition) is 3. The van der Waals surface area contributed by atoms with Crippen LogP contribution in [0.2, 0.25) is 0 Å². The quantitative estimate of drug-likeness (QED) is 0.848. The van der Waals surface area contributed by atoms with Gasteiger partial charge in [-0.3, -0.25) is 4.79 Å². The third-order valence-corrected chi connectivity index (χ3v) is 3.75. The highest BCUT2D eigenvalue weighted by Crippen LogP contribution is 2.30. The molecule has 1 aliphatic carbocycles. The van der Waals surface area contributed by atoms with E-state index >= 15 is 0 Å². The van der Waals surface area contributed by atoms with Crippen molar-refractivity contribution in [2.75, 3.05) is 12.3 Å². The molecule has 0 aliphatic heterocycles. The maximum absolute atomic E-state index is 12.6. The number of nitrogens with two attached hydrogens (primary N) is 1. The van der Waals surface area contributed by atoms with E-state index in [-0.39, 0.29) is 5.91 Å². The summed E-state index contributed by atoms with van der Waals surface area (Å²) in [5.74, 6) is 0.435. The first-order chi connectivity index (χ1) is 9.69. The molecule has 1 aromatic heterocycles. The molecule has 4 nitrogen and oxygen atoms in total. The summed E-state index contributed by atoms with van der Waals surface area (Å²) in [5.41, 5.74) is 7.16. The van der Waals surface area contributed by atoms with E-state index in [1.807, 2.05) is 17.0 Å². The van der Waals surface area contributed by atoms with Gasteiger partial charge in [0, 0.05) is 23.7 Å². The van der Waals surface area contributed by atoms with Crippen molar-refractivity contribution in [3.8, 4) is 0 Å². The van der Waals surface area contributed by atoms with Crippen LogP contribution in [0.25, 0.3) is 11.0 Å². The number of rotatable bonds is 5. The maximum atomic E-state index is 12.6. The topological polar surface area (TPSA) is 59.5 Å². The van der Waals surface area contributed by atoms with Crippen LogP contribution in [0.15, 0.2) is 28.7 Å². The minimum absolute atomic E-state index is 0.00993. The Kier molecular flexibility index (Phi) is 3.38. The van der Waals surface area contributed by atoms with Crippen molar-refractivity contribution in [1.82, 2.24) is 4.90 Å². The molecule has 3 rings (SSSR count). The van der Waals surface area contributed by atoms with Gasteiger partial charge < -0.3 is 15.1 Å². The number of fused-ring (bicyclic) bond motifs is 1. The van der Waals surface area contributed by atoms with Crippen LogP contribution < -0.4 is 5.73 Å². The number of carbonyl (C=O) groups is 1. The Morgan fingerprint density at radius 1 is 1.40 bits per heavy atom. The Labute approximate surface area is 118 Å². The molecule has 4 heteroatoms. The molecule has 0 atom stereocenters. The molecule has 1 heterocycles. The van der Waals surface area contributed by atoms with Crippen LogP contribution in [-0.4, -0.2) is 23.4 Å². The van der Waals surface area contributed by atoms with Crippen LogP contribution in [0, 0.1) is 0 Å². The highest BCUT2D eigenvalue weighted by molar-refractivity contribution is 5.97. The number of furan rings is 1. The van der Waals surface area contributed by atoms with E-state index in [9.17, 15) is 4.79 Å². The molecular formula is C16H20N2O2. The minimum atomic E-state index is 0.00993. The molecule has 1 saturated carbocycles.